The second-order valence-electron chi connectivity index (χ2n) is 4.77. The molecule has 2 rings (SSSR count). The van der Waals surface area contributed by atoms with E-state index in [1.165, 1.54) is 5.56 Å². The van der Waals surface area contributed by atoms with Gasteiger partial charge in [0.05, 0.1) is 13.2 Å². The zero-order chi connectivity index (χ0) is 14.8. The third-order valence-corrected chi connectivity index (χ3v) is 3.11. The summed E-state index contributed by atoms with van der Waals surface area (Å²) in [6.07, 6.45) is 0.928. The number of para-hydroxylation sites is 1. The first kappa shape index (κ1) is 15.5. The molecule has 0 saturated heterocycles. The first-order valence-corrected chi connectivity index (χ1v) is 7.49. The molecular weight excluding hydrogens is 262 g/mol. The Labute approximate surface area is 126 Å². The Hall–Kier alpha value is -1.84. The Morgan fingerprint density at radius 2 is 1.57 bits per heavy atom. The van der Waals surface area contributed by atoms with Crippen molar-refractivity contribution in [3.63, 3.8) is 0 Å². The predicted octanol–water partition coefficient (Wildman–Crippen LogP) is 3.65. The van der Waals surface area contributed by atoms with Gasteiger partial charge >= 0.3 is 0 Å². The molecule has 0 aromatic heterocycles. The van der Waals surface area contributed by atoms with Crippen LogP contribution in [0, 0.1) is 0 Å². The summed E-state index contributed by atoms with van der Waals surface area (Å²) >= 11 is 0. The van der Waals surface area contributed by atoms with Crippen molar-refractivity contribution in [2.75, 3.05) is 26.3 Å². The highest BCUT2D eigenvalue weighted by atomic mass is 16.5. The van der Waals surface area contributed by atoms with Crippen LogP contribution in [0.25, 0.3) is 0 Å². The largest absolute Gasteiger partial charge is 0.457 e. The Morgan fingerprint density at radius 1 is 0.857 bits per heavy atom. The van der Waals surface area contributed by atoms with Crippen LogP contribution in [0.1, 0.15) is 12.5 Å². The van der Waals surface area contributed by atoms with Crippen molar-refractivity contribution >= 4 is 0 Å². The smallest absolute Gasteiger partial charge is 0.127 e. The first-order valence-electron chi connectivity index (χ1n) is 7.49. The molecule has 0 bridgehead atoms. The fourth-order valence-corrected chi connectivity index (χ4v) is 1.96. The van der Waals surface area contributed by atoms with E-state index < -0.39 is 0 Å². The van der Waals surface area contributed by atoms with E-state index in [9.17, 15) is 0 Å². The van der Waals surface area contributed by atoms with Gasteiger partial charge in [0.15, 0.2) is 0 Å². The number of rotatable bonds is 9. The molecule has 1 N–H and O–H groups in total. The van der Waals surface area contributed by atoms with Crippen molar-refractivity contribution < 1.29 is 9.47 Å². The first-order chi connectivity index (χ1) is 10.4. The molecule has 0 amide bonds. The number of hydrogen-bond acceptors (Lipinski definition) is 3. The Bertz CT molecular complexity index is 496. The maximum Gasteiger partial charge on any atom is 0.127 e. The molecule has 0 aliphatic heterocycles. The van der Waals surface area contributed by atoms with E-state index in [2.05, 4.69) is 24.4 Å². The second kappa shape index (κ2) is 9.16. The fourth-order valence-electron chi connectivity index (χ4n) is 1.96. The predicted molar refractivity (Wildman–Crippen MR) is 86.0 cm³/mol. The van der Waals surface area contributed by atoms with Gasteiger partial charge in [-0.3, -0.25) is 0 Å². The van der Waals surface area contributed by atoms with Crippen LogP contribution in [-0.4, -0.2) is 26.3 Å². The highest BCUT2D eigenvalue weighted by Crippen LogP contribution is 2.21. The molecule has 0 aliphatic carbocycles. The van der Waals surface area contributed by atoms with Crippen LogP contribution < -0.4 is 10.1 Å². The molecular formula is C18H23NO2. The number of nitrogens with one attached hydrogen (secondary N) is 1. The van der Waals surface area contributed by atoms with Gasteiger partial charge in [0.2, 0.25) is 0 Å². The van der Waals surface area contributed by atoms with Gasteiger partial charge in [-0.15, -0.1) is 0 Å². The van der Waals surface area contributed by atoms with E-state index >= 15 is 0 Å². The minimum absolute atomic E-state index is 0.754. The standard InChI is InChI=1S/C18H23NO2/c1-2-19-13-15-20-14-12-16-8-10-18(11-9-16)21-17-6-4-3-5-7-17/h3-11,19H,2,12-15H2,1H3. The Morgan fingerprint density at radius 3 is 2.29 bits per heavy atom. The SMILES string of the molecule is CCNCCOCCc1ccc(Oc2ccccc2)cc1. The number of hydrogen-bond donors (Lipinski definition) is 1. The van der Waals surface area contributed by atoms with Crippen LogP contribution in [-0.2, 0) is 11.2 Å². The lowest BCUT2D eigenvalue weighted by Crippen LogP contribution is -2.19. The van der Waals surface area contributed by atoms with Gasteiger partial charge in [-0.25, -0.2) is 0 Å². The van der Waals surface area contributed by atoms with Crippen molar-refractivity contribution in [2.45, 2.75) is 13.3 Å². The van der Waals surface area contributed by atoms with Crippen LogP contribution in [0.4, 0.5) is 0 Å². The Balaban J connectivity index is 1.72. The van der Waals surface area contributed by atoms with Gasteiger partial charge < -0.3 is 14.8 Å². The molecule has 0 fully saturated rings. The molecule has 21 heavy (non-hydrogen) atoms. The summed E-state index contributed by atoms with van der Waals surface area (Å²) in [6, 6.07) is 18.0. The minimum atomic E-state index is 0.754. The minimum Gasteiger partial charge on any atom is -0.457 e. The van der Waals surface area contributed by atoms with E-state index in [4.69, 9.17) is 9.47 Å². The average Bonchev–Trinajstić information content (AvgIpc) is 2.53. The van der Waals surface area contributed by atoms with Crippen molar-refractivity contribution in [2.24, 2.45) is 0 Å². The lowest BCUT2D eigenvalue weighted by atomic mass is 10.1. The molecule has 0 aliphatic rings. The molecule has 3 heteroatoms. The molecule has 2 aromatic carbocycles. The molecule has 0 spiro atoms. The normalized spacial score (nSPS) is 10.5. The molecule has 0 unspecified atom stereocenters. The van der Waals surface area contributed by atoms with Gasteiger partial charge in [-0.2, -0.15) is 0 Å². The van der Waals surface area contributed by atoms with Crippen LogP contribution in [0.3, 0.4) is 0 Å². The van der Waals surface area contributed by atoms with E-state index in [0.717, 1.165) is 44.2 Å². The topological polar surface area (TPSA) is 30.5 Å². The average molecular weight is 285 g/mol. The van der Waals surface area contributed by atoms with Gasteiger partial charge in [0, 0.05) is 6.54 Å². The third-order valence-electron chi connectivity index (χ3n) is 3.11. The summed E-state index contributed by atoms with van der Waals surface area (Å²) in [6.45, 7) is 5.53. The fraction of sp³-hybridized carbons (Fsp3) is 0.333. The Kier molecular flexibility index (Phi) is 6.78. The van der Waals surface area contributed by atoms with Gasteiger partial charge in [-0.1, -0.05) is 37.3 Å². The molecule has 0 heterocycles. The van der Waals surface area contributed by atoms with Crippen LogP contribution in [0.5, 0.6) is 11.5 Å². The molecule has 112 valence electrons. The lowest BCUT2D eigenvalue weighted by Gasteiger charge is -2.07. The quantitative estimate of drug-likeness (QED) is 0.713. The third kappa shape index (κ3) is 5.98. The van der Waals surface area contributed by atoms with E-state index in [1.54, 1.807) is 0 Å². The summed E-state index contributed by atoms with van der Waals surface area (Å²) in [5, 5.41) is 3.24. The van der Waals surface area contributed by atoms with Crippen LogP contribution >= 0.6 is 0 Å². The van der Waals surface area contributed by atoms with Crippen LogP contribution in [0.2, 0.25) is 0 Å². The lowest BCUT2D eigenvalue weighted by molar-refractivity contribution is 0.139. The molecule has 0 radical (unpaired) electrons. The molecule has 0 atom stereocenters. The number of ether oxygens (including phenoxy) is 2. The van der Waals surface area contributed by atoms with E-state index in [-0.39, 0.29) is 0 Å². The monoisotopic (exact) mass is 285 g/mol. The van der Waals surface area contributed by atoms with Gasteiger partial charge in [-0.05, 0) is 42.8 Å². The maximum atomic E-state index is 5.76. The summed E-state index contributed by atoms with van der Waals surface area (Å²) in [7, 11) is 0. The zero-order valence-electron chi connectivity index (χ0n) is 12.5. The summed E-state index contributed by atoms with van der Waals surface area (Å²) in [5.74, 6) is 1.72. The summed E-state index contributed by atoms with van der Waals surface area (Å²) in [4.78, 5) is 0. The molecule has 2 aromatic rings. The highest BCUT2D eigenvalue weighted by molar-refractivity contribution is 5.32. The zero-order valence-corrected chi connectivity index (χ0v) is 12.5. The number of likely N-dealkylation sites (N-methyl/N-ethyl adjacent to an activating group) is 1. The van der Waals surface area contributed by atoms with Crippen molar-refractivity contribution in [1.82, 2.24) is 5.32 Å². The molecule has 0 saturated carbocycles. The van der Waals surface area contributed by atoms with Gasteiger partial charge in [0.1, 0.15) is 11.5 Å². The van der Waals surface area contributed by atoms with E-state index in [1.807, 2.05) is 42.5 Å². The summed E-state index contributed by atoms with van der Waals surface area (Å²) in [5.41, 5.74) is 1.26. The van der Waals surface area contributed by atoms with Crippen LogP contribution in [0.15, 0.2) is 54.6 Å². The number of benzene rings is 2. The van der Waals surface area contributed by atoms with Crippen molar-refractivity contribution in [1.29, 1.82) is 0 Å². The summed E-state index contributed by atoms with van der Waals surface area (Å²) < 4.78 is 11.3. The van der Waals surface area contributed by atoms with E-state index in [0.29, 0.717) is 0 Å². The van der Waals surface area contributed by atoms with Gasteiger partial charge in [0.25, 0.3) is 0 Å². The van der Waals surface area contributed by atoms with Crippen molar-refractivity contribution in [3.05, 3.63) is 60.2 Å². The second-order valence-corrected chi connectivity index (χ2v) is 4.77. The molecule has 3 nitrogen and oxygen atoms in total. The highest BCUT2D eigenvalue weighted by Gasteiger charge is 1.98. The van der Waals surface area contributed by atoms with Crippen molar-refractivity contribution in [3.8, 4) is 11.5 Å². The maximum absolute atomic E-state index is 5.76.